The summed E-state index contributed by atoms with van der Waals surface area (Å²) in [5.74, 6) is 0.882. The van der Waals surface area contributed by atoms with Gasteiger partial charge in [0.15, 0.2) is 0 Å². The van der Waals surface area contributed by atoms with E-state index in [1.165, 1.54) is 6.92 Å². The first kappa shape index (κ1) is 12.5. The number of hydrogen-bond acceptors (Lipinski definition) is 2. The van der Waals surface area contributed by atoms with Gasteiger partial charge in [0, 0.05) is 12.5 Å². The molecule has 0 unspecified atom stereocenters. The maximum atomic E-state index is 11.1. The molecule has 0 fully saturated rings. The molecular formula is C14H18O2. The highest BCUT2D eigenvalue weighted by atomic mass is 16.5. The van der Waals surface area contributed by atoms with Gasteiger partial charge in [-0.2, -0.15) is 0 Å². The Bertz CT molecular complexity index is 392. The van der Waals surface area contributed by atoms with E-state index in [1.54, 1.807) is 6.08 Å². The fourth-order valence-corrected chi connectivity index (χ4v) is 1.63. The minimum Gasteiger partial charge on any atom is -0.426 e. The summed E-state index contributed by atoms with van der Waals surface area (Å²) in [5, 5.41) is 0. The summed E-state index contributed by atoms with van der Waals surface area (Å²) < 4.78 is 5.26. The smallest absolute Gasteiger partial charge is 0.308 e. The molecule has 0 aliphatic heterocycles. The predicted molar refractivity (Wildman–Crippen MR) is 66.4 cm³/mol. The highest BCUT2D eigenvalue weighted by Gasteiger charge is 2.11. The molecule has 0 radical (unpaired) electrons. The van der Waals surface area contributed by atoms with Crippen molar-refractivity contribution < 1.29 is 9.53 Å². The number of ether oxygens (including phenoxy) is 1. The first-order chi connectivity index (χ1) is 7.54. The molecule has 2 heteroatoms. The second kappa shape index (κ2) is 5.50. The van der Waals surface area contributed by atoms with Crippen LogP contribution in [0.1, 0.15) is 31.9 Å². The van der Waals surface area contributed by atoms with Crippen LogP contribution in [0.4, 0.5) is 0 Å². The molecule has 16 heavy (non-hydrogen) atoms. The third-order valence-electron chi connectivity index (χ3n) is 2.22. The summed E-state index contributed by atoms with van der Waals surface area (Å²) in [5.41, 5.74) is 1.93. The van der Waals surface area contributed by atoms with Crippen LogP contribution in [-0.2, 0) is 11.2 Å². The van der Waals surface area contributed by atoms with E-state index in [-0.39, 0.29) is 5.97 Å². The molecule has 0 aliphatic carbocycles. The molecule has 0 saturated heterocycles. The Morgan fingerprint density at radius 1 is 1.50 bits per heavy atom. The monoisotopic (exact) mass is 218 g/mol. The number of para-hydroxylation sites is 1. The van der Waals surface area contributed by atoms with Crippen molar-refractivity contribution in [3.05, 3.63) is 35.9 Å². The van der Waals surface area contributed by atoms with Crippen LogP contribution in [-0.4, -0.2) is 5.97 Å². The van der Waals surface area contributed by atoms with E-state index < -0.39 is 0 Å². The third kappa shape index (κ3) is 3.23. The molecule has 0 spiro atoms. The first-order valence-corrected chi connectivity index (χ1v) is 5.47. The zero-order valence-electron chi connectivity index (χ0n) is 10.1. The van der Waals surface area contributed by atoms with Crippen LogP contribution in [0.2, 0.25) is 0 Å². The van der Waals surface area contributed by atoms with Crippen molar-refractivity contribution in [2.24, 2.45) is 5.92 Å². The van der Waals surface area contributed by atoms with Crippen molar-refractivity contribution in [2.45, 2.75) is 27.2 Å². The van der Waals surface area contributed by atoms with Crippen LogP contribution in [0.3, 0.4) is 0 Å². The maximum Gasteiger partial charge on any atom is 0.308 e. The molecule has 1 aromatic carbocycles. The average Bonchev–Trinajstić information content (AvgIpc) is 2.19. The zero-order valence-corrected chi connectivity index (χ0v) is 10.1. The molecule has 2 nitrogen and oxygen atoms in total. The standard InChI is InChI=1S/C14H18O2/c1-5-12-7-6-8-13(9-10(2)3)14(12)16-11(4)15/h5-8,10H,1,9H2,2-4H3. The third-order valence-corrected chi connectivity index (χ3v) is 2.22. The molecule has 86 valence electrons. The van der Waals surface area contributed by atoms with Gasteiger partial charge in [0.25, 0.3) is 0 Å². The lowest BCUT2D eigenvalue weighted by Crippen LogP contribution is -2.07. The summed E-state index contributed by atoms with van der Waals surface area (Å²) >= 11 is 0. The van der Waals surface area contributed by atoms with Crippen LogP contribution < -0.4 is 4.74 Å². The molecule has 0 atom stereocenters. The fourth-order valence-electron chi connectivity index (χ4n) is 1.63. The van der Waals surface area contributed by atoms with Gasteiger partial charge in [-0.15, -0.1) is 0 Å². The lowest BCUT2D eigenvalue weighted by molar-refractivity contribution is -0.131. The maximum absolute atomic E-state index is 11.1. The summed E-state index contributed by atoms with van der Waals surface area (Å²) in [4.78, 5) is 11.1. The molecule has 0 heterocycles. The van der Waals surface area contributed by atoms with E-state index in [0.717, 1.165) is 17.5 Å². The molecule has 0 saturated carbocycles. The Morgan fingerprint density at radius 3 is 2.69 bits per heavy atom. The summed E-state index contributed by atoms with van der Waals surface area (Å²) in [6, 6.07) is 5.85. The van der Waals surface area contributed by atoms with Gasteiger partial charge in [-0.05, 0) is 17.9 Å². The molecule has 1 aromatic rings. The summed E-state index contributed by atoms with van der Waals surface area (Å²) in [6.07, 6.45) is 2.60. The number of benzene rings is 1. The highest BCUT2D eigenvalue weighted by molar-refractivity contribution is 5.72. The molecule has 0 bridgehead atoms. The number of hydrogen-bond donors (Lipinski definition) is 0. The number of carbonyl (C=O) groups excluding carboxylic acids is 1. The normalized spacial score (nSPS) is 10.2. The Labute approximate surface area is 96.9 Å². The van der Waals surface area contributed by atoms with Gasteiger partial charge >= 0.3 is 5.97 Å². The van der Waals surface area contributed by atoms with Gasteiger partial charge in [-0.1, -0.05) is 44.7 Å². The van der Waals surface area contributed by atoms with Crippen molar-refractivity contribution >= 4 is 12.0 Å². The van der Waals surface area contributed by atoms with Crippen molar-refractivity contribution in [1.82, 2.24) is 0 Å². The highest BCUT2D eigenvalue weighted by Crippen LogP contribution is 2.27. The molecule has 1 rings (SSSR count). The minimum absolute atomic E-state index is 0.292. The largest absolute Gasteiger partial charge is 0.426 e. The number of esters is 1. The predicted octanol–water partition coefficient (Wildman–Crippen LogP) is 3.45. The van der Waals surface area contributed by atoms with E-state index in [2.05, 4.69) is 20.4 Å². The van der Waals surface area contributed by atoms with Crippen molar-refractivity contribution in [3.63, 3.8) is 0 Å². The van der Waals surface area contributed by atoms with E-state index in [9.17, 15) is 4.79 Å². The van der Waals surface area contributed by atoms with Crippen molar-refractivity contribution in [3.8, 4) is 5.75 Å². The lowest BCUT2D eigenvalue weighted by Gasteiger charge is -2.13. The first-order valence-electron chi connectivity index (χ1n) is 5.47. The van der Waals surface area contributed by atoms with E-state index >= 15 is 0 Å². The second-order valence-corrected chi connectivity index (χ2v) is 4.23. The van der Waals surface area contributed by atoms with E-state index in [0.29, 0.717) is 11.7 Å². The molecule has 0 N–H and O–H groups in total. The van der Waals surface area contributed by atoms with Gasteiger partial charge < -0.3 is 4.74 Å². The summed E-state index contributed by atoms with van der Waals surface area (Å²) in [7, 11) is 0. The topological polar surface area (TPSA) is 26.3 Å². The lowest BCUT2D eigenvalue weighted by atomic mass is 9.99. The van der Waals surface area contributed by atoms with Crippen LogP contribution in [0.25, 0.3) is 6.08 Å². The van der Waals surface area contributed by atoms with Crippen molar-refractivity contribution in [2.75, 3.05) is 0 Å². The average molecular weight is 218 g/mol. The Balaban J connectivity index is 3.14. The van der Waals surface area contributed by atoms with Gasteiger partial charge in [0.1, 0.15) is 5.75 Å². The molecular weight excluding hydrogens is 200 g/mol. The van der Waals surface area contributed by atoms with Gasteiger partial charge in [-0.25, -0.2) is 0 Å². The van der Waals surface area contributed by atoms with Crippen LogP contribution in [0.5, 0.6) is 5.75 Å². The zero-order chi connectivity index (χ0) is 12.1. The molecule has 0 aliphatic rings. The second-order valence-electron chi connectivity index (χ2n) is 4.23. The van der Waals surface area contributed by atoms with E-state index in [1.807, 2.05) is 18.2 Å². The van der Waals surface area contributed by atoms with Crippen LogP contribution >= 0.6 is 0 Å². The van der Waals surface area contributed by atoms with E-state index in [4.69, 9.17) is 4.74 Å². The Hall–Kier alpha value is -1.57. The Morgan fingerprint density at radius 2 is 2.19 bits per heavy atom. The SMILES string of the molecule is C=Cc1cccc(CC(C)C)c1OC(C)=O. The fraction of sp³-hybridized carbons (Fsp3) is 0.357. The molecule has 0 aromatic heterocycles. The number of carbonyl (C=O) groups is 1. The minimum atomic E-state index is -0.292. The molecule has 0 amide bonds. The van der Waals surface area contributed by atoms with Gasteiger partial charge in [0.2, 0.25) is 0 Å². The number of rotatable bonds is 4. The quantitative estimate of drug-likeness (QED) is 0.571. The van der Waals surface area contributed by atoms with Gasteiger partial charge in [-0.3, -0.25) is 4.79 Å². The Kier molecular flexibility index (Phi) is 4.29. The summed E-state index contributed by atoms with van der Waals surface area (Å²) in [6.45, 7) is 9.42. The van der Waals surface area contributed by atoms with Gasteiger partial charge in [0.05, 0.1) is 0 Å². The van der Waals surface area contributed by atoms with Crippen LogP contribution in [0, 0.1) is 5.92 Å². The van der Waals surface area contributed by atoms with Crippen molar-refractivity contribution in [1.29, 1.82) is 0 Å². The van der Waals surface area contributed by atoms with Crippen LogP contribution in [0.15, 0.2) is 24.8 Å².